The smallest absolute Gasteiger partial charge is 0.338 e. The number of nitriles is 1. The van der Waals surface area contributed by atoms with Crippen molar-refractivity contribution in [1.29, 1.82) is 5.26 Å². The molecule has 17 heavy (non-hydrogen) atoms. The maximum atomic E-state index is 11.8. The van der Waals surface area contributed by atoms with Crippen LogP contribution in [0.2, 0.25) is 0 Å². The van der Waals surface area contributed by atoms with E-state index in [1.54, 1.807) is 45.0 Å². The molecule has 1 aromatic rings. The van der Waals surface area contributed by atoms with Crippen LogP contribution in [0.1, 0.15) is 31.9 Å². The van der Waals surface area contributed by atoms with Crippen LogP contribution in [0.25, 0.3) is 5.57 Å². The van der Waals surface area contributed by atoms with Crippen LogP contribution in [0.4, 0.5) is 0 Å². The third-order valence-electron chi connectivity index (χ3n) is 2.02. The molecule has 0 aromatic heterocycles. The second kappa shape index (κ2) is 4.84. The lowest BCUT2D eigenvalue weighted by atomic mass is 10.0. The van der Waals surface area contributed by atoms with Gasteiger partial charge in [-0.05, 0) is 26.8 Å². The topological polar surface area (TPSA) is 50.1 Å². The van der Waals surface area contributed by atoms with Gasteiger partial charge in [-0.2, -0.15) is 5.26 Å². The molecule has 0 amide bonds. The van der Waals surface area contributed by atoms with E-state index in [0.29, 0.717) is 11.1 Å². The Kier molecular flexibility index (Phi) is 3.69. The minimum absolute atomic E-state index is 0.206. The Balaban J connectivity index is 2.98. The van der Waals surface area contributed by atoms with Gasteiger partial charge in [0.05, 0.1) is 17.2 Å². The van der Waals surface area contributed by atoms with E-state index in [9.17, 15) is 4.79 Å². The van der Waals surface area contributed by atoms with Gasteiger partial charge in [-0.3, -0.25) is 0 Å². The van der Waals surface area contributed by atoms with Crippen molar-refractivity contribution in [3.05, 3.63) is 42.0 Å². The maximum Gasteiger partial charge on any atom is 0.338 e. The summed E-state index contributed by atoms with van der Waals surface area (Å²) in [5.74, 6) is -0.500. The summed E-state index contributed by atoms with van der Waals surface area (Å²) in [6.07, 6.45) is 0. The van der Waals surface area contributed by atoms with E-state index in [-0.39, 0.29) is 5.57 Å². The molecule has 88 valence electrons. The summed E-state index contributed by atoms with van der Waals surface area (Å²) < 4.78 is 5.21. The Bertz CT molecular complexity index is 490. The van der Waals surface area contributed by atoms with Gasteiger partial charge in [0.1, 0.15) is 5.60 Å². The standard InChI is InChI=1S/C14H15NO2/c1-10(13(16)17-14(2,3)4)12-8-6-5-7-11(12)9-15/h5-8H,1H2,2-4H3. The van der Waals surface area contributed by atoms with E-state index in [1.165, 1.54) is 0 Å². The first-order valence-electron chi connectivity index (χ1n) is 5.27. The zero-order chi connectivity index (χ0) is 13.1. The predicted molar refractivity (Wildman–Crippen MR) is 66.0 cm³/mol. The van der Waals surface area contributed by atoms with Crippen molar-refractivity contribution < 1.29 is 9.53 Å². The van der Waals surface area contributed by atoms with Crippen LogP contribution in [-0.2, 0) is 9.53 Å². The highest BCUT2D eigenvalue weighted by Crippen LogP contribution is 2.20. The normalized spacial score (nSPS) is 10.5. The molecular formula is C14H15NO2. The molecule has 1 rings (SSSR count). The zero-order valence-electron chi connectivity index (χ0n) is 10.3. The Labute approximate surface area is 101 Å². The molecule has 0 spiro atoms. The van der Waals surface area contributed by atoms with Gasteiger partial charge in [-0.15, -0.1) is 0 Å². The summed E-state index contributed by atoms with van der Waals surface area (Å²) in [5.41, 5.74) is 0.575. The fourth-order valence-electron chi connectivity index (χ4n) is 1.29. The average molecular weight is 229 g/mol. The van der Waals surface area contributed by atoms with Crippen LogP contribution in [0.3, 0.4) is 0 Å². The first-order valence-corrected chi connectivity index (χ1v) is 5.27. The van der Waals surface area contributed by atoms with E-state index >= 15 is 0 Å². The number of hydrogen-bond acceptors (Lipinski definition) is 3. The monoisotopic (exact) mass is 229 g/mol. The number of benzene rings is 1. The van der Waals surface area contributed by atoms with Gasteiger partial charge in [-0.1, -0.05) is 24.8 Å². The van der Waals surface area contributed by atoms with Gasteiger partial charge in [0.2, 0.25) is 0 Å². The number of rotatable bonds is 2. The van der Waals surface area contributed by atoms with Crippen molar-refractivity contribution in [3.8, 4) is 6.07 Å². The predicted octanol–water partition coefficient (Wildman–Crippen LogP) is 2.91. The third-order valence-corrected chi connectivity index (χ3v) is 2.02. The Morgan fingerprint density at radius 3 is 2.47 bits per heavy atom. The van der Waals surface area contributed by atoms with Crippen LogP contribution in [0, 0.1) is 11.3 Å². The van der Waals surface area contributed by atoms with E-state index in [0.717, 1.165) is 0 Å². The van der Waals surface area contributed by atoms with Crippen LogP contribution in [0.15, 0.2) is 30.8 Å². The number of hydrogen-bond donors (Lipinski definition) is 0. The minimum atomic E-state index is -0.568. The third kappa shape index (κ3) is 3.46. The van der Waals surface area contributed by atoms with Crippen LogP contribution < -0.4 is 0 Å². The minimum Gasteiger partial charge on any atom is -0.456 e. The number of nitrogens with zero attached hydrogens (tertiary/aromatic N) is 1. The van der Waals surface area contributed by atoms with Crippen molar-refractivity contribution >= 4 is 11.5 Å². The first-order chi connectivity index (χ1) is 7.85. The molecule has 0 N–H and O–H groups in total. The molecule has 0 radical (unpaired) electrons. The van der Waals surface area contributed by atoms with Crippen molar-refractivity contribution in [3.63, 3.8) is 0 Å². The summed E-state index contributed by atoms with van der Waals surface area (Å²) in [7, 11) is 0. The molecule has 1 aromatic carbocycles. The van der Waals surface area contributed by atoms with Crippen LogP contribution in [-0.4, -0.2) is 11.6 Å². The fourth-order valence-corrected chi connectivity index (χ4v) is 1.29. The van der Waals surface area contributed by atoms with E-state index < -0.39 is 11.6 Å². The molecule has 0 atom stereocenters. The van der Waals surface area contributed by atoms with Gasteiger partial charge in [0.25, 0.3) is 0 Å². The first kappa shape index (κ1) is 13.0. The van der Waals surface area contributed by atoms with Gasteiger partial charge < -0.3 is 4.74 Å². The maximum absolute atomic E-state index is 11.8. The molecule has 0 aliphatic heterocycles. The number of carbonyl (C=O) groups excluding carboxylic acids is 1. The number of carbonyl (C=O) groups is 1. The fraction of sp³-hybridized carbons (Fsp3) is 0.286. The SMILES string of the molecule is C=C(C(=O)OC(C)(C)C)c1ccccc1C#N. The molecule has 0 heterocycles. The number of ether oxygens (including phenoxy) is 1. The summed E-state index contributed by atoms with van der Waals surface area (Å²) >= 11 is 0. The van der Waals surface area contributed by atoms with E-state index in [2.05, 4.69) is 6.58 Å². The summed E-state index contributed by atoms with van der Waals surface area (Å²) in [6.45, 7) is 9.05. The molecular weight excluding hydrogens is 214 g/mol. The Hall–Kier alpha value is -2.08. The molecule has 0 aliphatic carbocycles. The zero-order valence-corrected chi connectivity index (χ0v) is 10.3. The quantitative estimate of drug-likeness (QED) is 0.578. The van der Waals surface area contributed by atoms with Gasteiger partial charge in [0, 0.05) is 5.56 Å². The van der Waals surface area contributed by atoms with Crippen LogP contribution >= 0.6 is 0 Å². The van der Waals surface area contributed by atoms with Gasteiger partial charge >= 0.3 is 5.97 Å². The largest absolute Gasteiger partial charge is 0.456 e. The highest BCUT2D eigenvalue weighted by atomic mass is 16.6. The van der Waals surface area contributed by atoms with Crippen LogP contribution in [0.5, 0.6) is 0 Å². The highest BCUT2D eigenvalue weighted by molar-refractivity contribution is 6.16. The Morgan fingerprint density at radius 2 is 1.94 bits per heavy atom. The summed E-state index contributed by atoms with van der Waals surface area (Å²) in [4.78, 5) is 11.8. The molecule has 0 saturated carbocycles. The molecule has 3 heteroatoms. The molecule has 0 fully saturated rings. The highest BCUT2D eigenvalue weighted by Gasteiger charge is 2.20. The average Bonchev–Trinajstić information content (AvgIpc) is 2.25. The van der Waals surface area contributed by atoms with E-state index in [1.807, 2.05) is 6.07 Å². The van der Waals surface area contributed by atoms with Crippen molar-refractivity contribution in [2.24, 2.45) is 0 Å². The summed E-state index contributed by atoms with van der Waals surface area (Å²) in [6, 6.07) is 8.85. The second-order valence-electron chi connectivity index (χ2n) is 4.64. The van der Waals surface area contributed by atoms with E-state index in [4.69, 9.17) is 10.00 Å². The molecule has 0 aliphatic rings. The van der Waals surface area contributed by atoms with Gasteiger partial charge in [-0.25, -0.2) is 4.79 Å². The lowest BCUT2D eigenvalue weighted by Crippen LogP contribution is -2.24. The molecule has 3 nitrogen and oxygen atoms in total. The van der Waals surface area contributed by atoms with Crippen molar-refractivity contribution in [2.75, 3.05) is 0 Å². The summed E-state index contributed by atoms with van der Waals surface area (Å²) in [5, 5.41) is 8.94. The second-order valence-corrected chi connectivity index (χ2v) is 4.64. The number of esters is 1. The molecule has 0 bridgehead atoms. The lowest BCUT2D eigenvalue weighted by Gasteiger charge is -2.20. The molecule has 0 unspecified atom stereocenters. The lowest BCUT2D eigenvalue weighted by molar-refractivity contribution is -0.147. The molecule has 0 saturated heterocycles. The van der Waals surface area contributed by atoms with Crippen molar-refractivity contribution in [1.82, 2.24) is 0 Å². The van der Waals surface area contributed by atoms with Crippen molar-refractivity contribution in [2.45, 2.75) is 26.4 Å². The van der Waals surface area contributed by atoms with Gasteiger partial charge in [0.15, 0.2) is 0 Å². The Morgan fingerprint density at radius 1 is 1.35 bits per heavy atom.